The molecular weight excluding hydrogens is 258 g/mol. The second-order valence-electron chi connectivity index (χ2n) is 6.15. The number of nitrogens with one attached hydrogen (secondary N) is 1. The van der Waals surface area contributed by atoms with Gasteiger partial charge in [-0.25, -0.2) is 4.98 Å². The van der Waals surface area contributed by atoms with E-state index in [9.17, 15) is 0 Å². The molecule has 0 radical (unpaired) electrons. The van der Waals surface area contributed by atoms with Crippen molar-refractivity contribution in [3.63, 3.8) is 0 Å². The molecule has 1 rings (SSSR count). The van der Waals surface area contributed by atoms with Gasteiger partial charge < -0.3 is 10.2 Å². The summed E-state index contributed by atoms with van der Waals surface area (Å²) in [6, 6.07) is 5.55. The van der Waals surface area contributed by atoms with Crippen molar-refractivity contribution >= 4 is 5.82 Å². The molecule has 1 aromatic heterocycles. The molecule has 120 valence electrons. The van der Waals surface area contributed by atoms with E-state index >= 15 is 0 Å². The zero-order valence-corrected chi connectivity index (χ0v) is 14.7. The summed E-state index contributed by atoms with van der Waals surface area (Å²) in [7, 11) is 0. The lowest BCUT2D eigenvalue weighted by molar-refractivity contribution is 0.586. The molecule has 21 heavy (non-hydrogen) atoms. The Bertz CT molecular complexity index is 415. The van der Waals surface area contributed by atoms with Crippen molar-refractivity contribution in [3.05, 3.63) is 23.4 Å². The largest absolute Gasteiger partial charge is 0.354 e. The summed E-state index contributed by atoms with van der Waals surface area (Å²) in [4.78, 5) is 7.30. The van der Waals surface area contributed by atoms with E-state index in [2.05, 4.69) is 63.9 Å². The third kappa shape index (κ3) is 5.66. The third-order valence-corrected chi connectivity index (χ3v) is 3.90. The molecule has 1 unspecified atom stereocenters. The Morgan fingerprint density at radius 1 is 1.14 bits per heavy atom. The highest BCUT2D eigenvalue weighted by molar-refractivity contribution is 5.43. The minimum Gasteiger partial charge on any atom is -0.354 e. The van der Waals surface area contributed by atoms with E-state index in [0.717, 1.165) is 38.2 Å². The lowest BCUT2D eigenvalue weighted by Crippen LogP contribution is -2.33. The van der Waals surface area contributed by atoms with E-state index in [-0.39, 0.29) is 0 Å². The van der Waals surface area contributed by atoms with Crippen LogP contribution < -0.4 is 10.2 Å². The summed E-state index contributed by atoms with van der Waals surface area (Å²) in [6.07, 6.45) is 3.34. The fraction of sp³-hybridized carbons (Fsp3) is 0.722. The molecule has 0 aliphatic rings. The van der Waals surface area contributed by atoms with Crippen LogP contribution in [0.15, 0.2) is 12.1 Å². The Morgan fingerprint density at radius 2 is 1.86 bits per heavy atom. The molecule has 3 nitrogen and oxygen atoms in total. The SMILES string of the molecule is CCCc1cc(CNC(C)C)cc(N(CC)C(C)CC)n1. The molecule has 0 saturated heterocycles. The predicted octanol–water partition coefficient (Wildman–Crippen LogP) is 4.16. The van der Waals surface area contributed by atoms with Crippen LogP contribution in [0.25, 0.3) is 0 Å². The second kappa shape index (κ2) is 9.04. The Labute approximate surface area is 131 Å². The summed E-state index contributed by atoms with van der Waals surface area (Å²) in [5.74, 6) is 1.14. The monoisotopic (exact) mass is 291 g/mol. The molecule has 0 bridgehead atoms. The van der Waals surface area contributed by atoms with Gasteiger partial charge in [-0.3, -0.25) is 0 Å². The van der Waals surface area contributed by atoms with Gasteiger partial charge >= 0.3 is 0 Å². The number of pyridine rings is 1. The van der Waals surface area contributed by atoms with Crippen LogP contribution >= 0.6 is 0 Å². The fourth-order valence-electron chi connectivity index (χ4n) is 2.51. The molecule has 0 fully saturated rings. The number of aryl methyl sites for hydroxylation is 1. The molecule has 3 heteroatoms. The molecule has 1 N–H and O–H groups in total. The highest BCUT2D eigenvalue weighted by Gasteiger charge is 2.14. The second-order valence-corrected chi connectivity index (χ2v) is 6.15. The first kappa shape index (κ1) is 18.0. The van der Waals surface area contributed by atoms with Crippen molar-refractivity contribution in [1.82, 2.24) is 10.3 Å². The molecule has 1 atom stereocenters. The van der Waals surface area contributed by atoms with E-state index in [1.54, 1.807) is 0 Å². The number of nitrogens with zero attached hydrogens (tertiary/aromatic N) is 2. The van der Waals surface area contributed by atoms with Gasteiger partial charge in [0.15, 0.2) is 0 Å². The third-order valence-electron chi connectivity index (χ3n) is 3.90. The van der Waals surface area contributed by atoms with Crippen molar-refractivity contribution in [1.29, 1.82) is 0 Å². The number of aromatic nitrogens is 1. The van der Waals surface area contributed by atoms with Crippen LogP contribution in [0.3, 0.4) is 0 Å². The van der Waals surface area contributed by atoms with Crippen molar-refractivity contribution in [2.75, 3.05) is 11.4 Å². The van der Waals surface area contributed by atoms with Crippen LogP contribution in [0.2, 0.25) is 0 Å². The van der Waals surface area contributed by atoms with Crippen molar-refractivity contribution in [3.8, 4) is 0 Å². The first-order valence-electron chi connectivity index (χ1n) is 8.51. The van der Waals surface area contributed by atoms with Gasteiger partial charge in [-0.2, -0.15) is 0 Å². The Morgan fingerprint density at radius 3 is 2.38 bits per heavy atom. The van der Waals surface area contributed by atoms with Gasteiger partial charge in [0.05, 0.1) is 0 Å². The van der Waals surface area contributed by atoms with E-state index < -0.39 is 0 Å². The molecular formula is C18H33N3. The number of hydrogen-bond donors (Lipinski definition) is 1. The van der Waals surface area contributed by atoms with E-state index in [0.29, 0.717) is 12.1 Å². The molecule has 0 saturated carbocycles. The van der Waals surface area contributed by atoms with Crippen LogP contribution in [-0.4, -0.2) is 23.6 Å². The fourth-order valence-corrected chi connectivity index (χ4v) is 2.51. The van der Waals surface area contributed by atoms with Crippen molar-refractivity contribution in [2.24, 2.45) is 0 Å². The molecule has 0 aliphatic heterocycles. The van der Waals surface area contributed by atoms with Gasteiger partial charge in [0.1, 0.15) is 5.82 Å². The molecule has 1 aromatic rings. The average molecular weight is 291 g/mol. The number of anilines is 1. The molecule has 0 amide bonds. The smallest absolute Gasteiger partial charge is 0.129 e. The highest BCUT2D eigenvalue weighted by Crippen LogP contribution is 2.20. The number of hydrogen-bond acceptors (Lipinski definition) is 3. The lowest BCUT2D eigenvalue weighted by atomic mass is 10.1. The summed E-state index contributed by atoms with van der Waals surface area (Å²) in [5.41, 5.74) is 2.57. The van der Waals surface area contributed by atoms with Crippen molar-refractivity contribution < 1.29 is 0 Å². The van der Waals surface area contributed by atoms with Crippen LogP contribution in [0.1, 0.15) is 65.6 Å². The van der Waals surface area contributed by atoms with Crippen LogP contribution in [-0.2, 0) is 13.0 Å². The van der Waals surface area contributed by atoms with Crippen LogP contribution in [0.5, 0.6) is 0 Å². The van der Waals surface area contributed by atoms with E-state index in [4.69, 9.17) is 4.98 Å². The minimum atomic E-state index is 0.507. The first-order valence-corrected chi connectivity index (χ1v) is 8.51. The Hall–Kier alpha value is -1.09. The van der Waals surface area contributed by atoms with Gasteiger partial charge in [0.25, 0.3) is 0 Å². The summed E-state index contributed by atoms with van der Waals surface area (Å²) in [6.45, 7) is 15.3. The summed E-state index contributed by atoms with van der Waals surface area (Å²) >= 11 is 0. The maximum absolute atomic E-state index is 4.89. The van der Waals surface area contributed by atoms with Gasteiger partial charge in [-0.15, -0.1) is 0 Å². The Balaban J connectivity index is 3.05. The maximum Gasteiger partial charge on any atom is 0.129 e. The van der Waals surface area contributed by atoms with Gasteiger partial charge in [-0.1, -0.05) is 34.1 Å². The number of rotatable bonds is 9. The Kier molecular flexibility index (Phi) is 7.73. The maximum atomic E-state index is 4.89. The normalized spacial score (nSPS) is 12.7. The molecule has 0 spiro atoms. The van der Waals surface area contributed by atoms with E-state index in [1.165, 1.54) is 11.3 Å². The summed E-state index contributed by atoms with van der Waals surface area (Å²) < 4.78 is 0. The molecule has 0 aliphatic carbocycles. The molecule has 0 aromatic carbocycles. The molecule has 1 heterocycles. The standard InChI is InChI=1S/C18H33N3/c1-7-10-17-11-16(13-19-14(4)5)12-18(20-17)21(9-3)15(6)8-2/h11-12,14-15,19H,7-10,13H2,1-6H3. The zero-order valence-electron chi connectivity index (χ0n) is 14.7. The first-order chi connectivity index (χ1) is 10.0. The van der Waals surface area contributed by atoms with Gasteiger partial charge in [0, 0.05) is 30.9 Å². The van der Waals surface area contributed by atoms with Crippen LogP contribution in [0.4, 0.5) is 5.82 Å². The zero-order chi connectivity index (χ0) is 15.8. The van der Waals surface area contributed by atoms with Gasteiger partial charge in [-0.05, 0) is 44.4 Å². The quantitative estimate of drug-likeness (QED) is 0.740. The predicted molar refractivity (Wildman–Crippen MR) is 93.0 cm³/mol. The summed E-state index contributed by atoms with van der Waals surface area (Å²) in [5, 5.41) is 3.51. The topological polar surface area (TPSA) is 28.2 Å². The van der Waals surface area contributed by atoms with E-state index in [1.807, 2.05) is 0 Å². The lowest BCUT2D eigenvalue weighted by Gasteiger charge is -2.29. The average Bonchev–Trinajstić information content (AvgIpc) is 2.46. The van der Waals surface area contributed by atoms with Crippen LogP contribution in [0, 0.1) is 0 Å². The van der Waals surface area contributed by atoms with Gasteiger partial charge in [0.2, 0.25) is 0 Å². The highest BCUT2D eigenvalue weighted by atomic mass is 15.2. The minimum absolute atomic E-state index is 0.507. The van der Waals surface area contributed by atoms with Crippen molar-refractivity contribution in [2.45, 2.75) is 79.4 Å².